The summed E-state index contributed by atoms with van der Waals surface area (Å²) >= 11 is 0. The summed E-state index contributed by atoms with van der Waals surface area (Å²) in [6.45, 7) is -1.44. The van der Waals surface area contributed by atoms with Crippen molar-refractivity contribution in [1.29, 1.82) is 0 Å². The van der Waals surface area contributed by atoms with Gasteiger partial charge in [0.1, 0.15) is 18.7 Å². The number of halogens is 3. The Morgan fingerprint density at radius 3 is 2.45 bits per heavy atom. The van der Waals surface area contributed by atoms with Gasteiger partial charge in [-0.05, 0) is 19.3 Å². The molecule has 10 heteroatoms. The number of nitrogens with zero attached hydrogens (tertiary/aromatic N) is 1. The van der Waals surface area contributed by atoms with E-state index in [9.17, 15) is 27.6 Å². The van der Waals surface area contributed by atoms with E-state index in [-0.39, 0.29) is 25.8 Å². The van der Waals surface area contributed by atoms with Gasteiger partial charge in [-0.1, -0.05) is 0 Å². The molecule has 0 bridgehead atoms. The van der Waals surface area contributed by atoms with Crippen molar-refractivity contribution in [3.63, 3.8) is 0 Å². The first kappa shape index (κ1) is 16.5. The van der Waals surface area contributed by atoms with Gasteiger partial charge in [0, 0.05) is 6.54 Å². The number of hydrogen-bond donors (Lipinski definition) is 2. The minimum atomic E-state index is -4.49. The molecule has 22 heavy (non-hydrogen) atoms. The number of aliphatic carboxylic acids is 1. The Morgan fingerprint density at radius 1 is 1.27 bits per heavy atom. The van der Waals surface area contributed by atoms with Gasteiger partial charge in [-0.25, -0.2) is 4.79 Å². The van der Waals surface area contributed by atoms with E-state index >= 15 is 0 Å². The van der Waals surface area contributed by atoms with E-state index in [4.69, 9.17) is 9.84 Å². The first-order chi connectivity index (χ1) is 10.2. The van der Waals surface area contributed by atoms with Gasteiger partial charge in [0.25, 0.3) is 0 Å². The van der Waals surface area contributed by atoms with E-state index in [0.29, 0.717) is 4.90 Å². The number of carbonyl (C=O) groups is 3. The van der Waals surface area contributed by atoms with Gasteiger partial charge in [-0.2, -0.15) is 13.2 Å². The molecule has 2 heterocycles. The molecule has 2 rings (SSSR count). The third-order valence-electron chi connectivity index (χ3n) is 3.57. The van der Waals surface area contributed by atoms with Crippen LogP contribution in [-0.4, -0.2) is 65.3 Å². The highest BCUT2D eigenvalue weighted by Crippen LogP contribution is 2.23. The van der Waals surface area contributed by atoms with Gasteiger partial charge >= 0.3 is 12.1 Å². The summed E-state index contributed by atoms with van der Waals surface area (Å²) in [6.07, 6.45) is -6.11. The second kappa shape index (κ2) is 6.11. The molecule has 0 radical (unpaired) electrons. The van der Waals surface area contributed by atoms with Crippen molar-refractivity contribution in [3.05, 3.63) is 0 Å². The minimum Gasteiger partial charge on any atom is -0.479 e. The molecule has 3 atom stereocenters. The van der Waals surface area contributed by atoms with Crippen molar-refractivity contribution in [2.45, 2.75) is 43.7 Å². The Hall–Kier alpha value is -1.84. The molecule has 1 unspecified atom stereocenters. The van der Waals surface area contributed by atoms with Crippen LogP contribution in [0.5, 0.6) is 0 Å². The highest BCUT2D eigenvalue weighted by Gasteiger charge is 2.41. The molecule has 2 amide bonds. The van der Waals surface area contributed by atoms with Crippen LogP contribution in [0.2, 0.25) is 0 Å². The third kappa shape index (κ3) is 3.87. The Balaban J connectivity index is 1.86. The van der Waals surface area contributed by atoms with Crippen molar-refractivity contribution in [2.75, 3.05) is 13.1 Å². The van der Waals surface area contributed by atoms with E-state index in [1.54, 1.807) is 0 Å². The van der Waals surface area contributed by atoms with Gasteiger partial charge in [0.05, 0.1) is 0 Å². The summed E-state index contributed by atoms with van der Waals surface area (Å²) in [6, 6.07) is -1.03. The zero-order chi connectivity index (χ0) is 16.5. The van der Waals surface area contributed by atoms with Crippen molar-refractivity contribution in [2.24, 2.45) is 0 Å². The summed E-state index contributed by atoms with van der Waals surface area (Å²) in [4.78, 5) is 35.0. The molecular weight excluding hydrogens is 309 g/mol. The number of alkyl halides is 3. The summed E-state index contributed by atoms with van der Waals surface area (Å²) in [5.74, 6) is -2.64. The van der Waals surface area contributed by atoms with Crippen LogP contribution in [0, 0.1) is 0 Å². The van der Waals surface area contributed by atoms with Crippen LogP contribution in [0.25, 0.3) is 0 Å². The van der Waals surface area contributed by atoms with Crippen LogP contribution in [-0.2, 0) is 19.1 Å². The van der Waals surface area contributed by atoms with Crippen LogP contribution < -0.4 is 5.32 Å². The minimum absolute atomic E-state index is 0.0791. The molecular formula is C12H15F3N2O5. The molecule has 0 saturated carbocycles. The second-order valence-corrected chi connectivity index (χ2v) is 5.25. The zero-order valence-corrected chi connectivity index (χ0v) is 11.4. The van der Waals surface area contributed by atoms with Crippen LogP contribution in [0.15, 0.2) is 0 Å². The van der Waals surface area contributed by atoms with E-state index in [0.717, 1.165) is 0 Å². The lowest BCUT2D eigenvalue weighted by molar-refractivity contribution is -0.158. The Kier molecular flexibility index (Phi) is 4.59. The number of carboxylic acids is 1. The highest BCUT2D eigenvalue weighted by molar-refractivity contribution is 5.91. The predicted molar refractivity (Wildman–Crippen MR) is 64.7 cm³/mol. The first-order valence-electron chi connectivity index (χ1n) is 6.71. The summed E-state index contributed by atoms with van der Waals surface area (Å²) in [5, 5.41) is 11.1. The number of likely N-dealkylation sites (tertiary alicyclic amines) is 1. The summed E-state index contributed by atoms with van der Waals surface area (Å²) in [5.41, 5.74) is 0. The van der Waals surface area contributed by atoms with E-state index in [1.807, 2.05) is 0 Å². The zero-order valence-electron chi connectivity index (χ0n) is 11.4. The number of rotatable bonds is 4. The molecule has 0 aromatic carbocycles. The molecule has 124 valence electrons. The van der Waals surface area contributed by atoms with Gasteiger partial charge < -0.3 is 20.1 Å². The fourth-order valence-electron chi connectivity index (χ4n) is 2.52. The maximum Gasteiger partial charge on any atom is 0.406 e. The Labute approximate surface area is 123 Å². The lowest BCUT2D eigenvalue weighted by atomic mass is 10.1. The third-order valence-corrected chi connectivity index (χ3v) is 3.57. The molecule has 2 fully saturated rings. The topological polar surface area (TPSA) is 95.9 Å². The molecule has 0 aromatic rings. The average Bonchev–Trinajstić information content (AvgIpc) is 2.99. The average molecular weight is 324 g/mol. The number of carbonyl (C=O) groups excluding carboxylic acids is 2. The molecule has 2 saturated heterocycles. The van der Waals surface area contributed by atoms with Crippen molar-refractivity contribution in [1.82, 2.24) is 10.2 Å². The smallest absolute Gasteiger partial charge is 0.406 e. The number of carboxylic acid groups (broad SMARTS) is 1. The number of amides is 2. The monoisotopic (exact) mass is 324 g/mol. The van der Waals surface area contributed by atoms with Crippen LogP contribution in [0.1, 0.15) is 19.3 Å². The van der Waals surface area contributed by atoms with Gasteiger partial charge in [-0.3, -0.25) is 9.59 Å². The normalized spacial score (nSPS) is 29.0. The quantitative estimate of drug-likeness (QED) is 0.753. The SMILES string of the molecule is O=C(NC1CCN(CC(F)(F)F)C1=O)[C@@H]1CC[C@H](C(=O)O)O1. The molecule has 2 N–H and O–H groups in total. The number of ether oxygens (including phenoxy) is 1. The van der Waals surface area contributed by atoms with Crippen molar-refractivity contribution < 1.29 is 37.4 Å². The fraction of sp³-hybridized carbons (Fsp3) is 0.750. The van der Waals surface area contributed by atoms with Crippen LogP contribution >= 0.6 is 0 Å². The summed E-state index contributed by atoms with van der Waals surface area (Å²) in [7, 11) is 0. The highest BCUT2D eigenvalue weighted by atomic mass is 19.4. The van der Waals surface area contributed by atoms with Crippen LogP contribution in [0.4, 0.5) is 13.2 Å². The van der Waals surface area contributed by atoms with E-state index in [1.165, 1.54) is 0 Å². The largest absolute Gasteiger partial charge is 0.479 e. The second-order valence-electron chi connectivity index (χ2n) is 5.25. The van der Waals surface area contributed by atoms with Gasteiger partial charge in [-0.15, -0.1) is 0 Å². The molecule has 0 aliphatic carbocycles. The molecule has 0 spiro atoms. The molecule has 2 aliphatic rings. The van der Waals surface area contributed by atoms with Gasteiger partial charge in [0.2, 0.25) is 11.8 Å². The molecule has 7 nitrogen and oxygen atoms in total. The number of nitrogens with one attached hydrogen (secondary N) is 1. The summed E-state index contributed by atoms with van der Waals surface area (Å²) < 4.78 is 41.9. The van der Waals surface area contributed by atoms with Crippen molar-refractivity contribution >= 4 is 17.8 Å². The molecule has 2 aliphatic heterocycles. The van der Waals surface area contributed by atoms with E-state index in [2.05, 4.69) is 5.32 Å². The lowest BCUT2D eigenvalue weighted by Crippen LogP contribution is -2.47. The predicted octanol–water partition coefficient (Wildman–Crippen LogP) is -0.102. The van der Waals surface area contributed by atoms with Crippen molar-refractivity contribution in [3.8, 4) is 0 Å². The van der Waals surface area contributed by atoms with Gasteiger partial charge in [0.15, 0.2) is 6.10 Å². The lowest BCUT2D eigenvalue weighted by Gasteiger charge is -2.19. The Bertz CT molecular complexity index is 482. The van der Waals surface area contributed by atoms with Crippen LogP contribution in [0.3, 0.4) is 0 Å². The maximum absolute atomic E-state index is 12.3. The Morgan fingerprint density at radius 2 is 1.91 bits per heavy atom. The number of hydrogen-bond acceptors (Lipinski definition) is 4. The maximum atomic E-state index is 12.3. The van der Waals surface area contributed by atoms with E-state index < -0.39 is 48.8 Å². The molecule has 0 aromatic heterocycles. The fourth-order valence-corrected chi connectivity index (χ4v) is 2.52. The standard InChI is InChI=1S/C12H15F3N2O5/c13-12(14,15)5-17-4-3-6(10(17)19)16-9(18)7-1-2-8(22-7)11(20)21/h6-8H,1-5H2,(H,16,18)(H,20,21)/t6?,7-,8+/m0/s1. The first-order valence-corrected chi connectivity index (χ1v) is 6.71.